The SMILES string of the molecule is COc1ccccc1S(=O)(=O)N1CCN(c2cc(-n3nc(C)cc3C)nc(C)n2)CC1. The van der Waals surface area contributed by atoms with Crippen LogP contribution in [0.5, 0.6) is 5.75 Å². The zero-order valence-corrected chi connectivity index (χ0v) is 18.9. The van der Waals surface area contributed by atoms with E-state index < -0.39 is 10.0 Å². The highest BCUT2D eigenvalue weighted by Crippen LogP contribution is 2.27. The molecule has 10 heteroatoms. The van der Waals surface area contributed by atoms with Crippen molar-refractivity contribution in [3.05, 3.63) is 53.6 Å². The van der Waals surface area contributed by atoms with Crippen molar-refractivity contribution in [1.29, 1.82) is 0 Å². The molecular formula is C21H26N6O3S. The van der Waals surface area contributed by atoms with E-state index in [2.05, 4.69) is 20.0 Å². The third-order valence-electron chi connectivity index (χ3n) is 5.29. The zero-order valence-electron chi connectivity index (χ0n) is 18.1. The Morgan fingerprint density at radius 3 is 2.26 bits per heavy atom. The van der Waals surface area contributed by atoms with Gasteiger partial charge in [-0.2, -0.15) is 9.40 Å². The Bertz CT molecular complexity index is 1200. The number of nitrogens with zero attached hydrogens (tertiary/aromatic N) is 6. The number of sulfonamides is 1. The van der Waals surface area contributed by atoms with Crippen LogP contribution >= 0.6 is 0 Å². The number of piperazine rings is 1. The van der Waals surface area contributed by atoms with Crippen molar-refractivity contribution in [3.8, 4) is 11.6 Å². The van der Waals surface area contributed by atoms with E-state index in [1.165, 1.54) is 11.4 Å². The lowest BCUT2D eigenvalue weighted by Crippen LogP contribution is -2.49. The van der Waals surface area contributed by atoms with Gasteiger partial charge in [-0.15, -0.1) is 0 Å². The molecule has 0 unspecified atom stereocenters. The molecule has 164 valence electrons. The van der Waals surface area contributed by atoms with Crippen LogP contribution in [0.1, 0.15) is 17.2 Å². The van der Waals surface area contributed by atoms with E-state index in [0.29, 0.717) is 43.6 Å². The summed E-state index contributed by atoms with van der Waals surface area (Å²) in [5, 5.41) is 4.51. The summed E-state index contributed by atoms with van der Waals surface area (Å²) < 4.78 is 34.8. The maximum absolute atomic E-state index is 13.1. The summed E-state index contributed by atoms with van der Waals surface area (Å²) in [4.78, 5) is 11.4. The number of hydrogen-bond acceptors (Lipinski definition) is 7. The van der Waals surface area contributed by atoms with Crippen molar-refractivity contribution >= 4 is 15.8 Å². The molecule has 1 aliphatic heterocycles. The highest BCUT2D eigenvalue weighted by Gasteiger charge is 2.31. The molecule has 0 aliphatic carbocycles. The van der Waals surface area contributed by atoms with Gasteiger partial charge in [0.05, 0.1) is 12.8 Å². The van der Waals surface area contributed by atoms with Gasteiger partial charge < -0.3 is 9.64 Å². The molecule has 0 bridgehead atoms. The monoisotopic (exact) mass is 442 g/mol. The van der Waals surface area contributed by atoms with Crippen LogP contribution in [-0.2, 0) is 10.0 Å². The summed E-state index contributed by atoms with van der Waals surface area (Å²) in [6, 6.07) is 10.6. The molecule has 31 heavy (non-hydrogen) atoms. The topological polar surface area (TPSA) is 93.5 Å². The van der Waals surface area contributed by atoms with Gasteiger partial charge in [0.15, 0.2) is 5.82 Å². The molecule has 3 heterocycles. The lowest BCUT2D eigenvalue weighted by Gasteiger charge is -2.35. The summed E-state index contributed by atoms with van der Waals surface area (Å²) in [5.74, 6) is 2.47. The molecule has 4 rings (SSSR count). The number of aryl methyl sites for hydroxylation is 3. The number of rotatable bonds is 5. The second kappa shape index (κ2) is 8.27. The maximum Gasteiger partial charge on any atom is 0.246 e. The highest BCUT2D eigenvalue weighted by molar-refractivity contribution is 7.89. The predicted octanol–water partition coefficient (Wildman–Crippen LogP) is 2.11. The molecule has 3 aromatic rings. The Kier molecular flexibility index (Phi) is 5.67. The normalized spacial score (nSPS) is 15.3. The number of para-hydroxylation sites is 1. The smallest absolute Gasteiger partial charge is 0.246 e. The highest BCUT2D eigenvalue weighted by atomic mass is 32.2. The molecule has 1 aromatic carbocycles. The number of ether oxygens (including phenoxy) is 1. The first kappa shape index (κ1) is 21.3. The van der Waals surface area contributed by atoms with Crippen molar-refractivity contribution in [2.75, 3.05) is 38.2 Å². The molecule has 1 aliphatic rings. The first-order valence-corrected chi connectivity index (χ1v) is 11.5. The second-order valence-electron chi connectivity index (χ2n) is 7.51. The maximum atomic E-state index is 13.1. The number of anilines is 1. The Morgan fingerprint density at radius 2 is 1.61 bits per heavy atom. The summed E-state index contributed by atoms with van der Waals surface area (Å²) in [6.45, 7) is 7.56. The van der Waals surface area contributed by atoms with Crippen LogP contribution in [-0.4, -0.2) is 65.8 Å². The van der Waals surface area contributed by atoms with Gasteiger partial charge in [0.25, 0.3) is 0 Å². The summed E-state index contributed by atoms with van der Waals surface area (Å²) in [5.41, 5.74) is 1.92. The van der Waals surface area contributed by atoms with E-state index in [1.54, 1.807) is 28.9 Å². The minimum absolute atomic E-state index is 0.190. The van der Waals surface area contributed by atoms with Crippen LogP contribution in [0, 0.1) is 20.8 Å². The Labute approximate surface area is 182 Å². The molecule has 0 N–H and O–H groups in total. The van der Waals surface area contributed by atoms with E-state index in [9.17, 15) is 8.42 Å². The van der Waals surface area contributed by atoms with Crippen LogP contribution in [0.4, 0.5) is 5.82 Å². The van der Waals surface area contributed by atoms with Gasteiger partial charge in [-0.25, -0.2) is 23.1 Å². The molecular weight excluding hydrogens is 416 g/mol. The third kappa shape index (κ3) is 4.13. The summed E-state index contributed by atoms with van der Waals surface area (Å²) >= 11 is 0. The first-order valence-electron chi connectivity index (χ1n) is 10.1. The Morgan fingerprint density at radius 1 is 0.935 bits per heavy atom. The van der Waals surface area contributed by atoms with Crippen molar-refractivity contribution in [1.82, 2.24) is 24.1 Å². The molecule has 1 fully saturated rings. The fourth-order valence-electron chi connectivity index (χ4n) is 3.80. The van der Waals surface area contributed by atoms with Crippen LogP contribution in [0.15, 0.2) is 41.3 Å². The standard InChI is InChI=1S/C21H26N6O3S/c1-15-13-16(2)27(24-15)21-14-20(22-17(3)23-21)25-9-11-26(12-10-25)31(28,29)19-8-6-5-7-18(19)30-4/h5-8,13-14H,9-12H2,1-4H3. The molecule has 0 atom stereocenters. The predicted molar refractivity (Wildman–Crippen MR) is 117 cm³/mol. The molecule has 0 amide bonds. The summed E-state index contributed by atoms with van der Waals surface area (Å²) in [7, 11) is -2.16. The van der Waals surface area contributed by atoms with Gasteiger partial charge in [0.2, 0.25) is 10.0 Å². The molecule has 0 spiro atoms. The molecule has 0 saturated carbocycles. The van der Waals surface area contributed by atoms with Gasteiger partial charge in [0, 0.05) is 37.9 Å². The van der Waals surface area contributed by atoms with Gasteiger partial charge in [-0.1, -0.05) is 12.1 Å². The number of aromatic nitrogens is 4. The van der Waals surface area contributed by atoms with Crippen LogP contribution in [0.2, 0.25) is 0 Å². The van der Waals surface area contributed by atoms with Crippen molar-refractivity contribution in [2.45, 2.75) is 25.7 Å². The van der Waals surface area contributed by atoms with E-state index in [1.807, 2.05) is 32.9 Å². The molecule has 9 nitrogen and oxygen atoms in total. The van der Waals surface area contributed by atoms with Crippen molar-refractivity contribution in [3.63, 3.8) is 0 Å². The lowest BCUT2D eigenvalue weighted by molar-refractivity contribution is 0.373. The van der Waals surface area contributed by atoms with E-state index in [0.717, 1.165) is 17.2 Å². The molecule has 2 aromatic heterocycles. The van der Waals surface area contributed by atoms with Gasteiger partial charge in [0.1, 0.15) is 22.3 Å². The number of hydrogen-bond donors (Lipinski definition) is 0. The third-order valence-corrected chi connectivity index (χ3v) is 7.23. The average molecular weight is 443 g/mol. The zero-order chi connectivity index (χ0) is 22.2. The number of methoxy groups -OCH3 is 1. The van der Waals surface area contributed by atoms with E-state index >= 15 is 0 Å². The largest absolute Gasteiger partial charge is 0.495 e. The first-order chi connectivity index (χ1) is 14.8. The Hall–Kier alpha value is -2.98. The Balaban J connectivity index is 1.55. The second-order valence-corrected chi connectivity index (χ2v) is 9.42. The van der Waals surface area contributed by atoms with Crippen molar-refractivity contribution < 1.29 is 13.2 Å². The van der Waals surface area contributed by atoms with E-state index in [-0.39, 0.29) is 4.90 Å². The quantitative estimate of drug-likeness (QED) is 0.597. The average Bonchev–Trinajstić information content (AvgIpc) is 3.11. The van der Waals surface area contributed by atoms with Crippen molar-refractivity contribution in [2.24, 2.45) is 0 Å². The number of benzene rings is 1. The minimum Gasteiger partial charge on any atom is -0.495 e. The van der Waals surface area contributed by atoms with E-state index in [4.69, 9.17) is 4.74 Å². The van der Waals surface area contributed by atoms with Gasteiger partial charge >= 0.3 is 0 Å². The fourth-order valence-corrected chi connectivity index (χ4v) is 5.37. The van der Waals surface area contributed by atoms with Crippen LogP contribution < -0.4 is 9.64 Å². The lowest BCUT2D eigenvalue weighted by atomic mass is 10.3. The fraction of sp³-hybridized carbons (Fsp3) is 0.381. The van der Waals surface area contributed by atoms with Crippen LogP contribution in [0.25, 0.3) is 5.82 Å². The van der Waals surface area contributed by atoms with Gasteiger partial charge in [-0.05, 0) is 39.0 Å². The minimum atomic E-state index is -3.64. The molecule has 1 saturated heterocycles. The molecule has 0 radical (unpaired) electrons. The van der Waals surface area contributed by atoms with Crippen LogP contribution in [0.3, 0.4) is 0 Å². The van der Waals surface area contributed by atoms with Gasteiger partial charge in [-0.3, -0.25) is 0 Å². The summed E-state index contributed by atoms with van der Waals surface area (Å²) in [6.07, 6.45) is 0.